The Morgan fingerprint density at radius 2 is 1.56 bits per heavy atom. The molecule has 3 saturated heterocycles. The van der Waals surface area contributed by atoms with Crippen LogP contribution in [0.2, 0.25) is 0 Å². The van der Waals surface area contributed by atoms with Crippen LogP contribution in [0.15, 0.2) is 23.2 Å². The van der Waals surface area contributed by atoms with Gasteiger partial charge in [-0.15, -0.1) is 0 Å². The van der Waals surface area contributed by atoms with Crippen molar-refractivity contribution in [3.05, 3.63) is 23.8 Å². The number of hydrogen-bond donors (Lipinski definition) is 7. The molecule has 1 saturated carbocycles. The van der Waals surface area contributed by atoms with Crippen LogP contribution in [0.4, 0.5) is 0 Å². The van der Waals surface area contributed by atoms with Gasteiger partial charge in [-0.3, -0.25) is 4.99 Å². The van der Waals surface area contributed by atoms with Crippen LogP contribution in [0.3, 0.4) is 0 Å². The second-order valence-corrected chi connectivity index (χ2v) is 14.2. The van der Waals surface area contributed by atoms with Crippen molar-refractivity contribution in [2.24, 2.45) is 10.9 Å². The van der Waals surface area contributed by atoms with Crippen molar-refractivity contribution in [2.45, 2.75) is 138 Å². The minimum absolute atomic E-state index is 0. The van der Waals surface area contributed by atoms with E-state index in [2.05, 4.69) is 4.99 Å². The van der Waals surface area contributed by atoms with E-state index in [0.29, 0.717) is 11.5 Å². The summed E-state index contributed by atoms with van der Waals surface area (Å²) in [5.74, 6) is -1.08. The molecule has 0 amide bonds. The van der Waals surface area contributed by atoms with E-state index in [9.17, 15) is 45.6 Å². The molecular weight excluding hydrogens is 741 g/mol. The number of carbonyl (C=O) groups is 1. The number of aliphatic carboxylic acids is 1. The first-order chi connectivity index (χ1) is 25.9. The molecule has 1 aliphatic carbocycles. The molecule has 7 N–H and O–H groups in total. The summed E-state index contributed by atoms with van der Waals surface area (Å²) in [7, 11) is 2.88. The predicted octanol–water partition coefficient (Wildman–Crippen LogP) is -4.55. The minimum atomic E-state index is -1.75. The van der Waals surface area contributed by atoms with Crippen LogP contribution in [0.5, 0.6) is 11.5 Å². The molecule has 1 aromatic rings. The van der Waals surface area contributed by atoms with Crippen LogP contribution in [0.25, 0.3) is 0 Å². The molecule has 4 fully saturated rings. The number of carboxylic acid groups (broad SMARTS) is 1. The molecule has 14 atom stereocenters. The number of methoxy groups -OCH3 is 2. The first kappa shape index (κ1) is 46.0. The van der Waals surface area contributed by atoms with Crippen LogP contribution in [0.1, 0.15) is 57.4 Å². The first-order valence-corrected chi connectivity index (χ1v) is 18.4. The van der Waals surface area contributed by atoms with Crippen molar-refractivity contribution < 1.29 is 113 Å². The first-order valence-electron chi connectivity index (χ1n) is 18.4. The SMILES string of the molecule is COc1ccc(C([O-])=NCC2OCC[C@H](O[C@H]3O[C@@H](CO)[C@@H](O)[C@H](O[C@@H](CC4CCCCC4)C(=O)O)[C@H]3O)[C@H]2O[C@H]2O[C@H](C)[C@H](O)[C@@H](O)[C@@H]2O)cc1OC.[Na+]. The minimum Gasteiger partial charge on any atom is -0.858 e. The van der Waals surface area contributed by atoms with E-state index in [-0.39, 0.29) is 67.0 Å². The summed E-state index contributed by atoms with van der Waals surface area (Å²) in [6.45, 7) is 0.502. The normalized spacial score (nSPS) is 36.7. The summed E-state index contributed by atoms with van der Waals surface area (Å²) in [5.41, 5.74) is 0.187. The number of rotatable bonds is 15. The van der Waals surface area contributed by atoms with Gasteiger partial charge in [0.15, 0.2) is 30.2 Å². The van der Waals surface area contributed by atoms with Crippen LogP contribution in [0, 0.1) is 5.92 Å². The Morgan fingerprint density at radius 1 is 0.873 bits per heavy atom. The van der Waals surface area contributed by atoms with E-state index in [1.54, 1.807) is 6.07 Å². The Morgan fingerprint density at radius 3 is 2.22 bits per heavy atom. The van der Waals surface area contributed by atoms with Crippen LogP contribution >= 0.6 is 0 Å². The molecule has 1 unspecified atom stereocenters. The van der Waals surface area contributed by atoms with E-state index in [4.69, 9.17) is 37.9 Å². The van der Waals surface area contributed by atoms with Gasteiger partial charge < -0.3 is 78.7 Å². The zero-order valence-electron chi connectivity index (χ0n) is 31.6. The maximum atomic E-state index is 13.2. The molecule has 5 rings (SSSR count). The Labute approximate surface area is 341 Å². The van der Waals surface area contributed by atoms with Gasteiger partial charge in [0.05, 0.1) is 39.6 Å². The maximum absolute atomic E-state index is 13.2. The summed E-state index contributed by atoms with van der Waals surface area (Å²) in [5, 5.41) is 87.4. The van der Waals surface area contributed by atoms with Crippen molar-refractivity contribution in [3.8, 4) is 11.5 Å². The molecule has 0 bridgehead atoms. The largest absolute Gasteiger partial charge is 1.00 e. The van der Waals surface area contributed by atoms with Crippen molar-refractivity contribution in [1.82, 2.24) is 0 Å². The van der Waals surface area contributed by atoms with Crippen molar-refractivity contribution >= 4 is 11.9 Å². The Bertz CT molecular complexity index is 1390. The Hall–Kier alpha value is -1.72. The molecule has 1 aromatic carbocycles. The fraction of sp³-hybridized carbons (Fsp3) is 0.778. The standard InChI is InChI=1S/C36H55NO17.Na/c1-17-26(39)28(41)29(42)35(50-17)54-31-21(11-12-49-24(31)15-37-33(44)19-9-10-20(47-2)22(14-19)48-3)52-36-30(43)32(27(40)25(16-38)53-36)51-23(34(45)46)13-18-7-5-4-6-8-18;/h9-10,14,17-18,21,23-32,35-36,38-43H,4-8,11-13,15-16H2,1-3H3,(H,37,44)(H,45,46);/q;+1/p-1/t17-,21+,23+,24?,25+,26+,27-,28-,29+,30-,31-,32+,35-,36+;/m1./s1. The molecule has 55 heavy (non-hydrogen) atoms. The number of carboxylic acids is 1. The summed E-state index contributed by atoms with van der Waals surface area (Å²) >= 11 is 0. The van der Waals surface area contributed by atoms with Gasteiger partial charge in [-0.1, -0.05) is 38.2 Å². The zero-order valence-corrected chi connectivity index (χ0v) is 33.6. The number of aliphatic hydroxyl groups excluding tert-OH is 6. The summed E-state index contributed by atoms with van der Waals surface area (Å²) in [4.78, 5) is 16.5. The van der Waals surface area contributed by atoms with E-state index in [0.717, 1.165) is 32.1 Å². The molecule has 0 aromatic heterocycles. The third-order valence-electron chi connectivity index (χ3n) is 10.6. The van der Waals surface area contributed by atoms with Gasteiger partial charge in [0.1, 0.15) is 54.9 Å². The van der Waals surface area contributed by atoms with Crippen molar-refractivity contribution in [3.63, 3.8) is 0 Å². The monoisotopic (exact) mass is 795 g/mol. The number of ether oxygens (including phenoxy) is 8. The molecular formula is C36H54NNaO17. The van der Waals surface area contributed by atoms with Crippen LogP contribution in [-0.4, -0.2) is 167 Å². The number of aliphatic hydroxyl groups is 6. The third kappa shape index (κ3) is 11.3. The number of benzene rings is 1. The van der Waals surface area contributed by atoms with Crippen molar-refractivity contribution in [1.29, 1.82) is 0 Å². The van der Waals surface area contributed by atoms with Crippen LogP contribution in [-0.2, 0) is 33.2 Å². The molecule has 3 heterocycles. The summed E-state index contributed by atoms with van der Waals surface area (Å²) < 4.78 is 46.3. The Balaban J connectivity index is 0.00000673. The van der Waals surface area contributed by atoms with Gasteiger partial charge in [0.25, 0.3) is 0 Å². The molecule has 0 radical (unpaired) electrons. The van der Waals surface area contributed by atoms with E-state index in [1.165, 1.54) is 33.3 Å². The van der Waals surface area contributed by atoms with Crippen molar-refractivity contribution in [2.75, 3.05) is 34.0 Å². The van der Waals surface area contributed by atoms with Crippen LogP contribution < -0.4 is 44.1 Å². The third-order valence-corrected chi connectivity index (χ3v) is 10.6. The summed E-state index contributed by atoms with van der Waals surface area (Å²) in [6.07, 6.45) is -14.8. The van der Waals surface area contributed by atoms with Gasteiger partial charge in [-0.05, 0) is 49.3 Å². The topological polar surface area (TPSA) is 268 Å². The fourth-order valence-corrected chi connectivity index (χ4v) is 7.45. The second-order valence-electron chi connectivity index (χ2n) is 14.2. The average molecular weight is 796 g/mol. The van der Waals surface area contributed by atoms with Gasteiger partial charge in [0.2, 0.25) is 0 Å². The number of aliphatic imine (C=N–C) groups is 1. The second kappa shape index (κ2) is 21.3. The number of hydrogen-bond acceptors (Lipinski definition) is 17. The predicted molar refractivity (Wildman–Crippen MR) is 183 cm³/mol. The summed E-state index contributed by atoms with van der Waals surface area (Å²) in [6, 6.07) is 4.52. The maximum Gasteiger partial charge on any atom is 1.00 e. The molecule has 4 aliphatic rings. The van der Waals surface area contributed by atoms with E-state index in [1.807, 2.05) is 0 Å². The molecule has 0 spiro atoms. The molecule has 306 valence electrons. The van der Waals surface area contributed by atoms with E-state index >= 15 is 0 Å². The molecule has 3 aliphatic heterocycles. The fourth-order valence-electron chi connectivity index (χ4n) is 7.45. The average Bonchev–Trinajstić information content (AvgIpc) is 3.17. The van der Waals surface area contributed by atoms with E-state index < -0.39 is 104 Å². The molecule has 18 nitrogen and oxygen atoms in total. The van der Waals surface area contributed by atoms with Gasteiger partial charge in [0, 0.05) is 6.61 Å². The van der Waals surface area contributed by atoms with Gasteiger partial charge >= 0.3 is 35.5 Å². The van der Waals surface area contributed by atoms with Gasteiger partial charge in [-0.25, -0.2) is 4.79 Å². The molecule has 19 heteroatoms. The smallest absolute Gasteiger partial charge is 0.858 e. The number of nitrogens with zero attached hydrogens (tertiary/aromatic N) is 1. The Kier molecular flexibility index (Phi) is 17.8. The quantitative estimate of drug-likeness (QED) is 0.0501. The zero-order chi connectivity index (χ0) is 39.1. The van der Waals surface area contributed by atoms with Gasteiger partial charge in [-0.2, -0.15) is 0 Å².